The zero-order valence-corrected chi connectivity index (χ0v) is 8.71. The summed E-state index contributed by atoms with van der Waals surface area (Å²) in [5.41, 5.74) is 0. The zero-order valence-electron chi connectivity index (χ0n) is 8.71. The second-order valence-electron chi connectivity index (χ2n) is 4.35. The second-order valence-corrected chi connectivity index (χ2v) is 4.35. The Hall–Kier alpha value is -0.410. The van der Waals surface area contributed by atoms with E-state index >= 15 is 0 Å². The minimum absolute atomic E-state index is 0.154. The molecule has 1 atom stereocenters. The van der Waals surface area contributed by atoms with Crippen molar-refractivity contribution >= 4 is 5.78 Å². The summed E-state index contributed by atoms with van der Waals surface area (Å²) in [7, 11) is 0. The first-order chi connectivity index (χ1) is 6.86. The van der Waals surface area contributed by atoms with Crippen LogP contribution in [0.1, 0.15) is 25.7 Å². The SMILES string of the molecule is O=C1CCOCC1CN1CCCCC1. The Morgan fingerprint density at radius 1 is 1.29 bits per heavy atom. The van der Waals surface area contributed by atoms with Gasteiger partial charge in [-0.25, -0.2) is 0 Å². The van der Waals surface area contributed by atoms with E-state index in [0.717, 1.165) is 6.54 Å². The van der Waals surface area contributed by atoms with Crippen molar-refractivity contribution in [2.24, 2.45) is 5.92 Å². The highest BCUT2D eigenvalue weighted by atomic mass is 16.5. The van der Waals surface area contributed by atoms with Crippen LogP contribution < -0.4 is 0 Å². The first-order valence-corrected chi connectivity index (χ1v) is 5.69. The van der Waals surface area contributed by atoms with E-state index in [9.17, 15) is 4.79 Å². The molecule has 2 heterocycles. The molecule has 0 aromatic carbocycles. The lowest BCUT2D eigenvalue weighted by Crippen LogP contribution is -2.40. The molecule has 0 amide bonds. The zero-order chi connectivity index (χ0) is 9.80. The Bertz CT molecular complexity index is 199. The third-order valence-electron chi connectivity index (χ3n) is 3.19. The highest BCUT2D eigenvalue weighted by Crippen LogP contribution is 2.15. The summed E-state index contributed by atoms with van der Waals surface area (Å²) in [5.74, 6) is 0.559. The average molecular weight is 197 g/mol. The molecule has 0 bridgehead atoms. The van der Waals surface area contributed by atoms with Crippen molar-refractivity contribution in [2.75, 3.05) is 32.8 Å². The van der Waals surface area contributed by atoms with E-state index in [1.165, 1.54) is 32.4 Å². The van der Waals surface area contributed by atoms with Crippen molar-refractivity contribution < 1.29 is 9.53 Å². The smallest absolute Gasteiger partial charge is 0.141 e. The van der Waals surface area contributed by atoms with Crippen molar-refractivity contribution in [3.05, 3.63) is 0 Å². The number of hydrogen-bond acceptors (Lipinski definition) is 3. The number of Topliss-reactive ketones (excluding diaryl/α,β-unsaturated/α-hetero) is 1. The lowest BCUT2D eigenvalue weighted by molar-refractivity contribution is -0.131. The monoisotopic (exact) mass is 197 g/mol. The Balaban J connectivity index is 1.79. The summed E-state index contributed by atoms with van der Waals surface area (Å²) in [6.07, 6.45) is 4.56. The Morgan fingerprint density at radius 2 is 2.07 bits per heavy atom. The molecule has 3 nitrogen and oxygen atoms in total. The quantitative estimate of drug-likeness (QED) is 0.663. The van der Waals surface area contributed by atoms with Gasteiger partial charge in [-0.3, -0.25) is 4.79 Å². The predicted octanol–water partition coefficient (Wildman–Crippen LogP) is 1.08. The van der Waals surface area contributed by atoms with Gasteiger partial charge in [0.2, 0.25) is 0 Å². The summed E-state index contributed by atoms with van der Waals surface area (Å²) in [6.45, 7) is 4.55. The van der Waals surface area contributed by atoms with E-state index in [2.05, 4.69) is 4.90 Å². The molecule has 2 saturated heterocycles. The Labute approximate surface area is 85.4 Å². The predicted molar refractivity (Wildman–Crippen MR) is 54.2 cm³/mol. The molecule has 0 N–H and O–H groups in total. The molecule has 0 spiro atoms. The van der Waals surface area contributed by atoms with Crippen LogP contribution in [0.5, 0.6) is 0 Å². The number of piperidine rings is 1. The first-order valence-electron chi connectivity index (χ1n) is 5.69. The molecule has 0 radical (unpaired) electrons. The molecule has 14 heavy (non-hydrogen) atoms. The fourth-order valence-electron chi connectivity index (χ4n) is 2.30. The minimum Gasteiger partial charge on any atom is -0.380 e. The van der Waals surface area contributed by atoms with Crippen molar-refractivity contribution in [3.8, 4) is 0 Å². The molecule has 2 rings (SSSR count). The first kappa shape index (κ1) is 10.1. The van der Waals surface area contributed by atoms with Crippen LogP contribution in [0.2, 0.25) is 0 Å². The molecule has 0 aromatic rings. The number of carbonyl (C=O) groups excluding carboxylic acids is 1. The van der Waals surface area contributed by atoms with Crippen LogP contribution in [0.3, 0.4) is 0 Å². The highest BCUT2D eigenvalue weighted by Gasteiger charge is 2.25. The maximum atomic E-state index is 11.6. The summed E-state index contributed by atoms with van der Waals surface area (Å²) >= 11 is 0. The van der Waals surface area contributed by atoms with Crippen LogP contribution in [0.25, 0.3) is 0 Å². The van der Waals surface area contributed by atoms with Gasteiger partial charge in [0, 0.05) is 13.0 Å². The van der Waals surface area contributed by atoms with Gasteiger partial charge in [-0.2, -0.15) is 0 Å². The van der Waals surface area contributed by atoms with Crippen LogP contribution >= 0.6 is 0 Å². The molecule has 0 saturated carbocycles. The normalized spacial score (nSPS) is 30.6. The van der Waals surface area contributed by atoms with E-state index in [0.29, 0.717) is 25.4 Å². The van der Waals surface area contributed by atoms with Crippen molar-refractivity contribution in [1.82, 2.24) is 4.90 Å². The lowest BCUT2D eigenvalue weighted by Gasteiger charge is -2.31. The number of ether oxygens (including phenoxy) is 1. The van der Waals surface area contributed by atoms with Crippen LogP contribution in [-0.2, 0) is 9.53 Å². The minimum atomic E-state index is 0.154. The van der Waals surface area contributed by atoms with E-state index in [1.54, 1.807) is 0 Å². The molecule has 0 aromatic heterocycles. The fraction of sp³-hybridized carbons (Fsp3) is 0.909. The van der Waals surface area contributed by atoms with Crippen LogP contribution in [0.15, 0.2) is 0 Å². The average Bonchev–Trinajstić information content (AvgIpc) is 2.23. The standard InChI is InChI=1S/C11H19NO2/c13-11-4-7-14-9-10(11)8-12-5-2-1-3-6-12/h10H,1-9H2. The Kier molecular flexibility index (Phi) is 3.54. The molecule has 2 aliphatic heterocycles. The van der Waals surface area contributed by atoms with Crippen molar-refractivity contribution in [3.63, 3.8) is 0 Å². The van der Waals surface area contributed by atoms with Gasteiger partial charge in [-0.05, 0) is 25.9 Å². The van der Waals surface area contributed by atoms with Gasteiger partial charge in [0.15, 0.2) is 0 Å². The van der Waals surface area contributed by atoms with Crippen LogP contribution in [0.4, 0.5) is 0 Å². The molecule has 2 aliphatic rings. The summed E-state index contributed by atoms with van der Waals surface area (Å²) in [6, 6.07) is 0. The number of rotatable bonds is 2. The largest absolute Gasteiger partial charge is 0.380 e. The lowest BCUT2D eigenvalue weighted by atomic mass is 9.99. The summed E-state index contributed by atoms with van der Waals surface area (Å²) in [4.78, 5) is 14.0. The van der Waals surface area contributed by atoms with Gasteiger partial charge >= 0.3 is 0 Å². The maximum absolute atomic E-state index is 11.6. The highest BCUT2D eigenvalue weighted by molar-refractivity contribution is 5.82. The summed E-state index contributed by atoms with van der Waals surface area (Å²) < 4.78 is 5.35. The molecule has 3 heteroatoms. The molecule has 0 aliphatic carbocycles. The van der Waals surface area contributed by atoms with Gasteiger partial charge in [0.25, 0.3) is 0 Å². The van der Waals surface area contributed by atoms with Gasteiger partial charge in [0.05, 0.1) is 19.1 Å². The fourth-order valence-corrected chi connectivity index (χ4v) is 2.30. The third-order valence-corrected chi connectivity index (χ3v) is 3.19. The molecular formula is C11H19NO2. The Morgan fingerprint density at radius 3 is 2.79 bits per heavy atom. The molecule has 2 fully saturated rings. The van der Waals surface area contributed by atoms with Crippen LogP contribution in [-0.4, -0.2) is 43.5 Å². The van der Waals surface area contributed by atoms with Gasteiger partial charge in [-0.15, -0.1) is 0 Å². The molecule has 80 valence electrons. The number of hydrogen-bond donors (Lipinski definition) is 0. The van der Waals surface area contributed by atoms with Gasteiger partial charge < -0.3 is 9.64 Å². The molecule has 1 unspecified atom stereocenters. The van der Waals surface area contributed by atoms with Gasteiger partial charge in [0.1, 0.15) is 5.78 Å². The number of carbonyl (C=O) groups is 1. The number of ketones is 1. The van der Waals surface area contributed by atoms with E-state index in [1.807, 2.05) is 0 Å². The third kappa shape index (κ3) is 2.55. The summed E-state index contributed by atoms with van der Waals surface area (Å²) in [5, 5.41) is 0. The maximum Gasteiger partial charge on any atom is 0.141 e. The number of likely N-dealkylation sites (tertiary alicyclic amines) is 1. The molecular weight excluding hydrogens is 178 g/mol. The van der Waals surface area contributed by atoms with E-state index < -0.39 is 0 Å². The van der Waals surface area contributed by atoms with Crippen molar-refractivity contribution in [1.29, 1.82) is 0 Å². The van der Waals surface area contributed by atoms with E-state index in [-0.39, 0.29) is 5.92 Å². The second kappa shape index (κ2) is 4.89. The number of nitrogens with zero attached hydrogens (tertiary/aromatic N) is 1. The van der Waals surface area contributed by atoms with E-state index in [4.69, 9.17) is 4.74 Å². The van der Waals surface area contributed by atoms with Crippen LogP contribution in [0, 0.1) is 5.92 Å². The van der Waals surface area contributed by atoms with Gasteiger partial charge in [-0.1, -0.05) is 6.42 Å². The topological polar surface area (TPSA) is 29.5 Å². The van der Waals surface area contributed by atoms with Crippen molar-refractivity contribution in [2.45, 2.75) is 25.7 Å².